The number of aryl methyl sites for hydroxylation is 1. The molecule has 0 aromatic heterocycles. The maximum absolute atomic E-state index is 12.8. The lowest BCUT2D eigenvalue weighted by molar-refractivity contribution is 0.112. The molecule has 0 saturated heterocycles. The molecule has 2 aromatic carbocycles. The first-order chi connectivity index (χ1) is 12.6. The fourth-order valence-corrected chi connectivity index (χ4v) is 3.16. The number of hydrogen-bond acceptors (Lipinski definition) is 3. The third kappa shape index (κ3) is 2.62. The number of halogens is 1. The second-order valence-electron chi connectivity index (χ2n) is 5.99. The fraction of sp³-hybridized carbons (Fsp3) is 0.0500. The van der Waals surface area contributed by atoms with Crippen molar-refractivity contribution in [3.8, 4) is 28.1 Å². The Kier molecular flexibility index (Phi) is 3.93. The third-order valence-corrected chi connectivity index (χ3v) is 4.56. The lowest BCUT2D eigenvalue weighted by atomic mass is 9.97. The summed E-state index contributed by atoms with van der Waals surface area (Å²) < 4.78 is 1.36. The van der Waals surface area contributed by atoms with E-state index >= 15 is 0 Å². The van der Waals surface area contributed by atoms with Crippen LogP contribution in [0.2, 0.25) is 5.02 Å². The number of aromatic amines is 1. The maximum atomic E-state index is 12.8. The van der Waals surface area contributed by atoms with Crippen LogP contribution in [0.25, 0.3) is 28.1 Å². The van der Waals surface area contributed by atoms with Crippen molar-refractivity contribution in [1.29, 1.82) is 0 Å². The van der Waals surface area contributed by atoms with Crippen LogP contribution in [-0.2, 0) is 0 Å². The van der Waals surface area contributed by atoms with E-state index in [4.69, 9.17) is 11.6 Å². The highest BCUT2D eigenvalue weighted by atomic mass is 35.5. The normalized spacial score (nSPS) is 11.0. The van der Waals surface area contributed by atoms with Crippen LogP contribution in [0.15, 0.2) is 59.5 Å². The van der Waals surface area contributed by atoms with Crippen molar-refractivity contribution in [2.24, 2.45) is 0 Å². The number of aromatic nitrogens is 3. The minimum Gasteiger partial charge on any atom is -0.364 e. The van der Waals surface area contributed by atoms with Gasteiger partial charge in [-0.1, -0.05) is 29.8 Å². The smallest absolute Gasteiger partial charge is 0.282 e. The molecule has 0 spiro atoms. The second kappa shape index (κ2) is 6.28. The first-order valence-electron chi connectivity index (χ1n) is 8.01. The van der Waals surface area contributed by atoms with Crippen LogP contribution >= 0.6 is 11.6 Å². The van der Waals surface area contributed by atoms with Crippen LogP contribution in [-0.4, -0.2) is 21.1 Å². The first-order valence-corrected chi connectivity index (χ1v) is 8.39. The molecule has 128 valence electrons. The zero-order chi connectivity index (χ0) is 18.3. The van der Waals surface area contributed by atoms with Gasteiger partial charge in [0.25, 0.3) is 5.56 Å². The molecular formula is C20H14ClN3O2. The number of carbonyl (C=O) groups is 1. The van der Waals surface area contributed by atoms with E-state index in [1.165, 1.54) is 4.68 Å². The summed E-state index contributed by atoms with van der Waals surface area (Å²) in [6, 6.07) is 14.2. The van der Waals surface area contributed by atoms with Gasteiger partial charge in [0.05, 0.1) is 11.3 Å². The van der Waals surface area contributed by atoms with Crippen LogP contribution in [0.4, 0.5) is 0 Å². The SMILES string of the molecule is Cc1[nH]cc2c(=O)n(-c3ccc(Cl)cc3)nc-2c1-c1cccc(C=O)c1. The summed E-state index contributed by atoms with van der Waals surface area (Å²) in [5, 5.41) is 5.15. The summed E-state index contributed by atoms with van der Waals surface area (Å²) in [4.78, 5) is 27.1. The number of carbonyl (C=O) groups excluding carboxylic acids is 1. The molecule has 4 rings (SSSR count). The number of pyridine rings is 1. The first kappa shape index (κ1) is 16.3. The Bertz CT molecular complexity index is 1140. The lowest BCUT2D eigenvalue weighted by Gasteiger charge is -2.10. The Morgan fingerprint density at radius 1 is 1.15 bits per heavy atom. The van der Waals surface area contributed by atoms with Gasteiger partial charge in [-0.05, 0) is 42.8 Å². The average Bonchev–Trinajstić information content (AvgIpc) is 2.99. The quantitative estimate of drug-likeness (QED) is 0.557. The Balaban J connectivity index is 1.98. The second-order valence-corrected chi connectivity index (χ2v) is 6.42. The van der Waals surface area contributed by atoms with Crippen LogP contribution in [0.5, 0.6) is 0 Å². The molecule has 1 N–H and O–H groups in total. The zero-order valence-electron chi connectivity index (χ0n) is 13.9. The van der Waals surface area contributed by atoms with E-state index in [1.54, 1.807) is 42.6 Å². The summed E-state index contributed by atoms with van der Waals surface area (Å²) >= 11 is 5.93. The van der Waals surface area contributed by atoms with Gasteiger partial charge in [-0.2, -0.15) is 9.78 Å². The molecule has 26 heavy (non-hydrogen) atoms. The number of rotatable bonds is 3. The number of aldehydes is 1. The van der Waals surface area contributed by atoms with Crippen LogP contribution in [0, 0.1) is 6.92 Å². The van der Waals surface area contributed by atoms with Gasteiger partial charge < -0.3 is 4.98 Å². The van der Waals surface area contributed by atoms with E-state index in [0.29, 0.717) is 27.5 Å². The van der Waals surface area contributed by atoms with Crippen molar-refractivity contribution in [3.05, 3.63) is 81.4 Å². The summed E-state index contributed by atoms with van der Waals surface area (Å²) in [6.07, 6.45) is 2.47. The van der Waals surface area contributed by atoms with Gasteiger partial charge in [-0.15, -0.1) is 0 Å². The van der Waals surface area contributed by atoms with E-state index in [-0.39, 0.29) is 5.56 Å². The van der Waals surface area contributed by atoms with E-state index in [2.05, 4.69) is 10.1 Å². The Morgan fingerprint density at radius 2 is 1.92 bits per heavy atom. The number of benzene rings is 2. The Hall–Kier alpha value is -3.18. The van der Waals surface area contributed by atoms with Gasteiger partial charge in [0.15, 0.2) is 0 Å². The number of H-pyrrole nitrogens is 1. The minimum absolute atomic E-state index is 0.216. The van der Waals surface area contributed by atoms with E-state index in [1.807, 2.05) is 19.1 Å². The molecule has 5 nitrogen and oxygen atoms in total. The van der Waals surface area contributed by atoms with E-state index < -0.39 is 0 Å². The lowest BCUT2D eigenvalue weighted by Crippen LogP contribution is -2.14. The summed E-state index contributed by atoms with van der Waals surface area (Å²) in [7, 11) is 0. The number of hydrogen-bond donors (Lipinski definition) is 1. The van der Waals surface area contributed by atoms with Gasteiger partial charge in [-0.25, -0.2) is 0 Å². The highest BCUT2D eigenvalue weighted by Gasteiger charge is 2.22. The van der Waals surface area contributed by atoms with Gasteiger partial charge in [0.2, 0.25) is 0 Å². The van der Waals surface area contributed by atoms with Crippen molar-refractivity contribution < 1.29 is 4.79 Å². The van der Waals surface area contributed by atoms with Crippen molar-refractivity contribution in [1.82, 2.24) is 14.8 Å². The van der Waals surface area contributed by atoms with Crippen molar-refractivity contribution in [3.63, 3.8) is 0 Å². The van der Waals surface area contributed by atoms with E-state index in [9.17, 15) is 9.59 Å². The Morgan fingerprint density at radius 3 is 2.65 bits per heavy atom. The molecule has 2 aliphatic rings. The molecule has 0 bridgehead atoms. The Labute approximate surface area is 154 Å². The topological polar surface area (TPSA) is 67.8 Å². The maximum Gasteiger partial charge on any atom is 0.282 e. The number of fused-ring (bicyclic) bond motifs is 1. The zero-order valence-corrected chi connectivity index (χ0v) is 14.6. The standard InChI is InChI=1S/C20H14ClN3O2/c1-12-18(14-4-2-3-13(9-14)11-25)19-17(10-22-12)20(26)24(23-19)16-7-5-15(21)6-8-16/h2-11,22H,1H3. The van der Waals surface area contributed by atoms with Gasteiger partial charge >= 0.3 is 0 Å². The average molecular weight is 364 g/mol. The minimum atomic E-state index is -0.216. The molecule has 2 aromatic rings. The van der Waals surface area contributed by atoms with Crippen LogP contribution in [0.1, 0.15) is 16.1 Å². The molecule has 0 radical (unpaired) electrons. The van der Waals surface area contributed by atoms with Crippen LogP contribution < -0.4 is 5.56 Å². The summed E-state index contributed by atoms with van der Waals surface area (Å²) in [5.41, 5.74) is 4.55. The molecule has 0 fully saturated rings. The van der Waals surface area contributed by atoms with Gasteiger partial charge in [0, 0.05) is 28.0 Å². The molecule has 2 aliphatic heterocycles. The van der Waals surface area contributed by atoms with Crippen molar-refractivity contribution in [2.45, 2.75) is 6.92 Å². The molecule has 2 heterocycles. The molecule has 0 amide bonds. The number of nitrogens with zero attached hydrogens (tertiary/aromatic N) is 2. The molecule has 6 heteroatoms. The van der Waals surface area contributed by atoms with Crippen molar-refractivity contribution in [2.75, 3.05) is 0 Å². The van der Waals surface area contributed by atoms with Gasteiger partial charge in [-0.3, -0.25) is 9.59 Å². The highest BCUT2D eigenvalue weighted by Crippen LogP contribution is 2.33. The molecular weight excluding hydrogens is 350 g/mol. The monoisotopic (exact) mass is 363 g/mol. The summed E-state index contributed by atoms with van der Waals surface area (Å²) in [5.74, 6) is 0. The molecule has 0 aliphatic carbocycles. The van der Waals surface area contributed by atoms with E-state index in [0.717, 1.165) is 23.1 Å². The molecule has 0 unspecified atom stereocenters. The molecule has 0 atom stereocenters. The number of nitrogens with one attached hydrogen (secondary N) is 1. The highest BCUT2D eigenvalue weighted by molar-refractivity contribution is 6.30. The largest absolute Gasteiger partial charge is 0.364 e. The van der Waals surface area contributed by atoms with Crippen LogP contribution in [0.3, 0.4) is 0 Å². The summed E-state index contributed by atoms with van der Waals surface area (Å²) in [6.45, 7) is 1.91. The van der Waals surface area contributed by atoms with Gasteiger partial charge in [0.1, 0.15) is 12.0 Å². The fourth-order valence-electron chi connectivity index (χ4n) is 3.04. The molecule has 0 saturated carbocycles. The third-order valence-electron chi connectivity index (χ3n) is 4.31. The predicted octanol–water partition coefficient (Wildman–Crippen LogP) is 4.11. The van der Waals surface area contributed by atoms with Crippen molar-refractivity contribution >= 4 is 17.9 Å². The predicted molar refractivity (Wildman–Crippen MR) is 101 cm³/mol.